The number of carbonyl (C=O) groups excluding carboxylic acids is 2. The molecule has 148 valence electrons. The molecule has 26 heavy (non-hydrogen) atoms. The predicted octanol–water partition coefficient (Wildman–Crippen LogP) is 2.94. The third kappa shape index (κ3) is 5.81. The Hall–Kier alpha value is -0.890. The molecule has 0 saturated carbocycles. The molecule has 2 aliphatic heterocycles. The van der Waals surface area contributed by atoms with E-state index >= 15 is 0 Å². The van der Waals surface area contributed by atoms with Crippen molar-refractivity contribution in [3.8, 4) is 0 Å². The van der Waals surface area contributed by atoms with Gasteiger partial charge >= 0.3 is 0 Å². The topological polar surface area (TPSA) is 74.3 Å². The van der Waals surface area contributed by atoms with E-state index in [9.17, 15) is 9.59 Å². The maximum Gasteiger partial charge on any atom is 0.248 e. The molecule has 2 fully saturated rings. The molecule has 2 N–H and O–H groups in total. The zero-order chi connectivity index (χ0) is 16.9. The summed E-state index contributed by atoms with van der Waals surface area (Å²) in [6, 6.07) is -0.346. The maximum absolute atomic E-state index is 12.7. The standard InChI is InChI=1S/C17H26N4O2S.2ClH/c1-12(13-4-6-18-7-5-13)11-15(22)21-9-2-3-14(21)16(23)20-17-19-8-10-24-17;;/h8,10,12-14,18H,2-7,9,11H2,1H3,(H,19,20,23);2*1H. The van der Waals surface area contributed by atoms with Crippen LogP contribution in [0.4, 0.5) is 5.13 Å². The molecular formula is C17H28Cl2N4O2S. The Balaban J connectivity index is 0.00000169. The van der Waals surface area contributed by atoms with Gasteiger partial charge in [-0.15, -0.1) is 36.2 Å². The maximum atomic E-state index is 12.7. The molecule has 2 aliphatic rings. The Morgan fingerprint density at radius 1 is 1.35 bits per heavy atom. The van der Waals surface area contributed by atoms with Crippen LogP contribution in [0.15, 0.2) is 11.6 Å². The largest absolute Gasteiger partial charge is 0.331 e. The first-order valence-corrected chi connectivity index (χ1v) is 9.73. The summed E-state index contributed by atoms with van der Waals surface area (Å²) < 4.78 is 0. The lowest BCUT2D eigenvalue weighted by Gasteiger charge is -2.30. The Labute approximate surface area is 171 Å². The average molecular weight is 423 g/mol. The molecule has 0 bridgehead atoms. The van der Waals surface area contributed by atoms with Crippen molar-refractivity contribution < 1.29 is 9.59 Å². The average Bonchev–Trinajstić information content (AvgIpc) is 3.27. The Bertz CT molecular complexity index is 567. The van der Waals surface area contributed by atoms with Crippen LogP contribution in [0.5, 0.6) is 0 Å². The number of aromatic nitrogens is 1. The highest BCUT2D eigenvalue weighted by molar-refractivity contribution is 7.13. The number of rotatable bonds is 5. The number of piperidine rings is 1. The smallest absolute Gasteiger partial charge is 0.248 e. The minimum absolute atomic E-state index is 0. The second-order valence-corrected chi connectivity index (χ2v) is 7.74. The molecule has 9 heteroatoms. The summed E-state index contributed by atoms with van der Waals surface area (Å²) >= 11 is 1.40. The van der Waals surface area contributed by atoms with Gasteiger partial charge in [0.15, 0.2) is 5.13 Å². The Morgan fingerprint density at radius 3 is 2.73 bits per heavy atom. The first kappa shape index (κ1) is 23.1. The Kier molecular flexibility index (Phi) is 9.85. The number of likely N-dealkylation sites (tertiary alicyclic amines) is 1. The van der Waals surface area contributed by atoms with Crippen LogP contribution in [0.2, 0.25) is 0 Å². The molecule has 2 amide bonds. The van der Waals surface area contributed by atoms with E-state index in [1.165, 1.54) is 11.3 Å². The quantitative estimate of drug-likeness (QED) is 0.764. The van der Waals surface area contributed by atoms with Gasteiger partial charge in [-0.25, -0.2) is 4.98 Å². The van der Waals surface area contributed by atoms with E-state index in [0.717, 1.165) is 38.8 Å². The number of hydrogen-bond acceptors (Lipinski definition) is 5. The van der Waals surface area contributed by atoms with Crippen LogP contribution in [0, 0.1) is 11.8 Å². The molecule has 2 atom stereocenters. The molecule has 0 aliphatic carbocycles. The van der Waals surface area contributed by atoms with Crippen LogP contribution in [0.3, 0.4) is 0 Å². The third-order valence-electron chi connectivity index (χ3n) is 5.22. The highest BCUT2D eigenvalue weighted by Crippen LogP contribution is 2.27. The van der Waals surface area contributed by atoms with Gasteiger partial charge < -0.3 is 15.5 Å². The monoisotopic (exact) mass is 422 g/mol. The molecule has 0 spiro atoms. The normalized spacial score (nSPS) is 21.4. The van der Waals surface area contributed by atoms with Crippen molar-refractivity contribution in [2.45, 2.75) is 45.1 Å². The highest BCUT2D eigenvalue weighted by Gasteiger charge is 2.35. The SMILES string of the molecule is CC(CC(=O)N1CCCC1C(=O)Nc1nccs1)C1CCNCC1.Cl.Cl. The van der Waals surface area contributed by atoms with Gasteiger partial charge in [0.1, 0.15) is 6.04 Å². The van der Waals surface area contributed by atoms with Crippen molar-refractivity contribution >= 4 is 53.1 Å². The van der Waals surface area contributed by atoms with Gasteiger partial charge in [0.05, 0.1) is 0 Å². The fraction of sp³-hybridized carbons (Fsp3) is 0.706. The molecule has 3 heterocycles. The van der Waals surface area contributed by atoms with E-state index in [0.29, 0.717) is 29.9 Å². The minimum atomic E-state index is -0.346. The summed E-state index contributed by atoms with van der Waals surface area (Å²) in [7, 11) is 0. The van der Waals surface area contributed by atoms with Gasteiger partial charge in [-0.05, 0) is 50.6 Å². The number of thiazole rings is 1. The molecule has 1 aromatic heterocycles. The van der Waals surface area contributed by atoms with E-state index in [2.05, 4.69) is 22.5 Å². The van der Waals surface area contributed by atoms with Crippen molar-refractivity contribution in [2.75, 3.05) is 25.0 Å². The predicted molar refractivity (Wildman–Crippen MR) is 109 cm³/mol. The van der Waals surface area contributed by atoms with E-state index in [4.69, 9.17) is 0 Å². The van der Waals surface area contributed by atoms with Gasteiger partial charge in [0.2, 0.25) is 11.8 Å². The number of halogens is 2. The van der Waals surface area contributed by atoms with Crippen molar-refractivity contribution in [1.82, 2.24) is 15.2 Å². The van der Waals surface area contributed by atoms with Gasteiger partial charge in [-0.2, -0.15) is 0 Å². The summed E-state index contributed by atoms with van der Waals surface area (Å²) in [5, 5.41) is 8.63. The second kappa shape index (κ2) is 11.1. The highest BCUT2D eigenvalue weighted by atomic mass is 35.5. The van der Waals surface area contributed by atoms with Crippen LogP contribution in [0.1, 0.15) is 39.0 Å². The summed E-state index contributed by atoms with van der Waals surface area (Å²) in [4.78, 5) is 31.1. The minimum Gasteiger partial charge on any atom is -0.331 e. The number of hydrogen-bond donors (Lipinski definition) is 2. The fourth-order valence-corrected chi connectivity index (χ4v) is 4.32. The second-order valence-electron chi connectivity index (χ2n) is 6.84. The summed E-state index contributed by atoms with van der Waals surface area (Å²) in [5.74, 6) is 1.01. The summed E-state index contributed by atoms with van der Waals surface area (Å²) in [6.45, 7) is 4.96. The molecule has 2 saturated heterocycles. The number of nitrogens with one attached hydrogen (secondary N) is 2. The van der Waals surface area contributed by atoms with Crippen LogP contribution >= 0.6 is 36.2 Å². The molecule has 0 aromatic carbocycles. The van der Waals surface area contributed by atoms with E-state index in [-0.39, 0.29) is 42.7 Å². The molecule has 0 radical (unpaired) electrons. The lowest BCUT2D eigenvalue weighted by atomic mass is 9.84. The number of nitrogens with zero attached hydrogens (tertiary/aromatic N) is 2. The van der Waals surface area contributed by atoms with Crippen molar-refractivity contribution in [2.24, 2.45) is 11.8 Å². The van der Waals surface area contributed by atoms with E-state index < -0.39 is 0 Å². The van der Waals surface area contributed by atoms with Gasteiger partial charge in [-0.3, -0.25) is 9.59 Å². The Morgan fingerprint density at radius 2 is 2.08 bits per heavy atom. The zero-order valence-electron chi connectivity index (χ0n) is 15.0. The van der Waals surface area contributed by atoms with Crippen LogP contribution in [0.25, 0.3) is 0 Å². The van der Waals surface area contributed by atoms with E-state index in [1.807, 2.05) is 5.38 Å². The number of carbonyl (C=O) groups is 2. The third-order valence-corrected chi connectivity index (χ3v) is 5.91. The molecule has 1 aromatic rings. The van der Waals surface area contributed by atoms with Crippen LogP contribution in [-0.2, 0) is 9.59 Å². The lowest BCUT2D eigenvalue weighted by Crippen LogP contribution is -2.44. The van der Waals surface area contributed by atoms with E-state index in [1.54, 1.807) is 11.1 Å². The zero-order valence-corrected chi connectivity index (χ0v) is 17.4. The van der Waals surface area contributed by atoms with Crippen molar-refractivity contribution in [3.63, 3.8) is 0 Å². The van der Waals surface area contributed by atoms with Gasteiger partial charge in [0, 0.05) is 24.5 Å². The van der Waals surface area contributed by atoms with Gasteiger partial charge in [-0.1, -0.05) is 6.92 Å². The fourth-order valence-electron chi connectivity index (χ4n) is 3.78. The molecule has 3 rings (SSSR count). The first-order chi connectivity index (χ1) is 11.6. The van der Waals surface area contributed by atoms with Gasteiger partial charge in [0.25, 0.3) is 0 Å². The molecule has 2 unspecified atom stereocenters. The number of anilines is 1. The van der Waals surface area contributed by atoms with Crippen molar-refractivity contribution in [3.05, 3.63) is 11.6 Å². The molecule has 6 nitrogen and oxygen atoms in total. The lowest BCUT2D eigenvalue weighted by molar-refractivity contribution is -0.137. The summed E-state index contributed by atoms with van der Waals surface area (Å²) in [5.41, 5.74) is 0. The van der Waals surface area contributed by atoms with Crippen molar-refractivity contribution in [1.29, 1.82) is 0 Å². The number of amides is 2. The van der Waals surface area contributed by atoms with Crippen LogP contribution in [-0.4, -0.2) is 47.4 Å². The first-order valence-electron chi connectivity index (χ1n) is 8.85. The summed E-state index contributed by atoms with van der Waals surface area (Å²) in [6.07, 6.45) is 6.13. The molecular weight excluding hydrogens is 395 g/mol. The van der Waals surface area contributed by atoms with Crippen LogP contribution < -0.4 is 10.6 Å².